The van der Waals surface area contributed by atoms with Crippen LogP contribution in [-0.2, 0) is 7.05 Å². The SMILES string of the molecule is CC(C)c1cc(C(C)C)c2cnn(C)c2n1. The first kappa shape index (κ1) is 11.1. The molecular formula is C13H19N3. The van der Waals surface area contributed by atoms with Crippen LogP contribution < -0.4 is 0 Å². The van der Waals surface area contributed by atoms with Crippen LogP contribution in [0.15, 0.2) is 12.3 Å². The lowest BCUT2D eigenvalue weighted by atomic mass is 9.98. The maximum Gasteiger partial charge on any atom is 0.158 e. The summed E-state index contributed by atoms with van der Waals surface area (Å²) >= 11 is 0. The molecule has 2 aromatic rings. The van der Waals surface area contributed by atoms with Crippen molar-refractivity contribution >= 4 is 11.0 Å². The molecule has 0 aliphatic heterocycles. The normalized spacial score (nSPS) is 11.9. The molecule has 0 fully saturated rings. The molecule has 2 rings (SSSR count). The van der Waals surface area contributed by atoms with Gasteiger partial charge in [0.2, 0.25) is 0 Å². The van der Waals surface area contributed by atoms with Gasteiger partial charge in [-0.3, -0.25) is 4.68 Å². The molecule has 3 heteroatoms. The number of aryl methyl sites for hydroxylation is 1. The molecule has 16 heavy (non-hydrogen) atoms. The second-order valence-electron chi connectivity index (χ2n) is 4.95. The Morgan fingerprint density at radius 1 is 1.12 bits per heavy atom. The molecule has 0 saturated carbocycles. The molecule has 86 valence electrons. The fourth-order valence-electron chi connectivity index (χ4n) is 1.93. The van der Waals surface area contributed by atoms with E-state index in [9.17, 15) is 0 Å². The lowest BCUT2D eigenvalue weighted by Crippen LogP contribution is -2.00. The van der Waals surface area contributed by atoms with Gasteiger partial charge >= 0.3 is 0 Å². The summed E-state index contributed by atoms with van der Waals surface area (Å²) in [5.74, 6) is 0.962. The molecule has 0 aliphatic rings. The molecule has 0 aliphatic carbocycles. The van der Waals surface area contributed by atoms with Gasteiger partial charge in [-0.05, 0) is 23.5 Å². The molecule has 2 aromatic heterocycles. The minimum Gasteiger partial charge on any atom is -0.250 e. The summed E-state index contributed by atoms with van der Waals surface area (Å²) in [6, 6.07) is 2.22. The second kappa shape index (κ2) is 3.89. The Labute approximate surface area is 96.5 Å². The van der Waals surface area contributed by atoms with Crippen molar-refractivity contribution in [2.45, 2.75) is 39.5 Å². The van der Waals surface area contributed by atoms with E-state index in [0.29, 0.717) is 11.8 Å². The zero-order valence-corrected chi connectivity index (χ0v) is 10.7. The first-order valence-corrected chi connectivity index (χ1v) is 5.83. The topological polar surface area (TPSA) is 30.7 Å². The average Bonchev–Trinajstić information content (AvgIpc) is 2.59. The zero-order chi connectivity index (χ0) is 11.9. The van der Waals surface area contributed by atoms with E-state index in [1.807, 2.05) is 17.9 Å². The van der Waals surface area contributed by atoms with Crippen molar-refractivity contribution in [1.82, 2.24) is 14.8 Å². The summed E-state index contributed by atoms with van der Waals surface area (Å²) in [6.45, 7) is 8.78. The molecule has 0 saturated heterocycles. The molecule has 2 heterocycles. The van der Waals surface area contributed by atoms with Gasteiger partial charge in [0.25, 0.3) is 0 Å². The summed E-state index contributed by atoms with van der Waals surface area (Å²) in [5, 5.41) is 5.48. The van der Waals surface area contributed by atoms with Gasteiger partial charge in [-0.15, -0.1) is 0 Å². The Morgan fingerprint density at radius 2 is 1.81 bits per heavy atom. The van der Waals surface area contributed by atoms with Crippen LogP contribution in [-0.4, -0.2) is 14.8 Å². The highest BCUT2D eigenvalue weighted by Gasteiger charge is 2.13. The van der Waals surface area contributed by atoms with E-state index in [1.165, 1.54) is 10.9 Å². The molecule has 0 amide bonds. The van der Waals surface area contributed by atoms with Gasteiger partial charge in [-0.1, -0.05) is 27.7 Å². The average molecular weight is 217 g/mol. The Balaban J connectivity index is 2.75. The van der Waals surface area contributed by atoms with Gasteiger partial charge in [-0.25, -0.2) is 4.98 Å². The standard InChI is InChI=1S/C13H19N3/c1-8(2)10-6-12(9(3)4)15-13-11(10)7-14-16(13)5/h6-9H,1-5H3. The number of fused-ring (bicyclic) bond motifs is 1. The number of hydrogen-bond acceptors (Lipinski definition) is 2. The number of aromatic nitrogens is 3. The van der Waals surface area contributed by atoms with Crippen LogP contribution in [0.5, 0.6) is 0 Å². The van der Waals surface area contributed by atoms with Crippen LogP contribution in [0.3, 0.4) is 0 Å². The molecule has 0 spiro atoms. The van der Waals surface area contributed by atoms with Gasteiger partial charge in [0.05, 0.1) is 6.20 Å². The van der Waals surface area contributed by atoms with Crippen LogP contribution in [0.1, 0.15) is 50.8 Å². The van der Waals surface area contributed by atoms with E-state index in [4.69, 9.17) is 0 Å². The number of rotatable bonds is 2. The summed E-state index contributed by atoms with van der Waals surface area (Å²) in [4.78, 5) is 4.68. The number of pyridine rings is 1. The van der Waals surface area contributed by atoms with E-state index in [2.05, 4.69) is 43.8 Å². The summed E-state index contributed by atoms with van der Waals surface area (Å²) < 4.78 is 1.85. The first-order valence-electron chi connectivity index (χ1n) is 5.83. The largest absolute Gasteiger partial charge is 0.250 e. The molecular weight excluding hydrogens is 198 g/mol. The van der Waals surface area contributed by atoms with Crippen LogP contribution in [0.25, 0.3) is 11.0 Å². The minimum absolute atomic E-state index is 0.455. The Hall–Kier alpha value is -1.38. The lowest BCUT2D eigenvalue weighted by molar-refractivity contribution is 0.767. The maximum atomic E-state index is 4.68. The zero-order valence-electron chi connectivity index (χ0n) is 10.7. The number of hydrogen-bond donors (Lipinski definition) is 0. The van der Waals surface area contributed by atoms with E-state index >= 15 is 0 Å². The quantitative estimate of drug-likeness (QED) is 0.773. The smallest absolute Gasteiger partial charge is 0.158 e. The predicted octanol–water partition coefficient (Wildman–Crippen LogP) is 3.22. The van der Waals surface area contributed by atoms with Crippen molar-refractivity contribution in [2.24, 2.45) is 7.05 Å². The highest BCUT2D eigenvalue weighted by molar-refractivity contribution is 5.79. The van der Waals surface area contributed by atoms with Crippen molar-refractivity contribution in [2.75, 3.05) is 0 Å². The molecule has 0 bridgehead atoms. The minimum atomic E-state index is 0.455. The molecule has 0 radical (unpaired) electrons. The Bertz CT molecular complexity index is 509. The summed E-state index contributed by atoms with van der Waals surface area (Å²) in [5.41, 5.74) is 3.50. The van der Waals surface area contributed by atoms with Crippen LogP contribution in [0.4, 0.5) is 0 Å². The molecule has 0 aromatic carbocycles. The van der Waals surface area contributed by atoms with Crippen molar-refractivity contribution in [1.29, 1.82) is 0 Å². The molecule has 3 nitrogen and oxygen atoms in total. The summed E-state index contributed by atoms with van der Waals surface area (Å²) in [7, 11) is 1.95. The van der Waals surface area contributed by atoms with Gasteiger partial charge in [0, 0.05) is 18.1 Å². The molecule has 0 atom stereocenters. The fraction of sp³-hybridized carbons (Fsp3) is 0.538. The van der Waals surface area contributed by atoms with Crippen LogP contribution in [0, 0.1) is 0 Å². The van der Waals surface area contributed by atoms with Crippen LogP contribution >= 0.6 is 0 Å². The van der Waals surface area contributed by atoms with Crippen LogP contribution in [0.2, 0.25) is 0 Å². The third kappa shape index (κ3) is 1.70. The van der Waals surface area contributed by atoms with Crippen molar-refractivity contribution in [3.05, 3.63) is 23.5 Å². The maximum absolute atomic E-state index is 4.68. The van der Waals surface area contributed by atoms with Gasteiger partial charge in [0.15, 0.2) is 5.65 Å². The molecule has 0 unspecified atom stereocenters. The predicted molar refractivity (Wildman–Crippen MR) is 66.7 cm³/mol. The second-order valence-corrected chi connectivity index (χ2v) is 4.95. The van der Waals surface area contributed by atoms with E-state index < -0.39 is 0 Å². The van der Waals surface area contributed by atoms with E-state index in [1.54, 1.807) is 0 Å². The van der Waals surface area contributed by atoms with Gasteiger partial charge in [-0.2, -0.15) is 5.10 Å². The first-order chi connectivity index (χ1) is 7.50. The van der Waals surface area contributed by atoms with Gasteiger partial charge in [0.1, 0.15) is 0 Å². The van der Waals surface area contributed by atoms with Crippen molar-refractivity contribution in [3.63, 3.8) is 0 Å². The fourth-order valence-corrected chi connectivity index (χ4v) is 1.93. The highest BCUT2D eigenvalue weighted by Crippen LogP contribution is 2.27. The number of nitrogens with zero attached hydrogens (tertiary/aromatic N) is 3. The Morgan fingerprint density at radius 3 is 2.38 bits per heavy atom. The van der Waals surface area contributed by atoms with Crippen molar-refractivity contribution < 1.29 is 0 Å². The highest BCUT2D eigenvalue weighted by atomic mass is 15.3. The van der Waals surface area contributed by atoms with E-state index in [0.717, 1.165) is 11.3 Å². The summed E-state index contributed by atoms with van der Waals surface area (Å²) in [6.07, 6.45) is 1.92. The van der Waals surface area contributed by atoms with E-state index in [-0.39, 0.29) is 0 Å². The Kier molecular flexibility index (Phi) is 2.70. The molecule has 0 N–H and O–H groups in total. The monoisotopic (exact) mass is 217 g/mol. The third-order valence-electron chi connectivity index (χ3n) is 2.97. The van der Waals surface area contributed by atoms with Gasteiger partial charge < -0.3 is 0 Å². The van der Waals surface area contributed by atoms with Crippen molar-refractivity contribution in [3.8, 4) is 0 Å². The lowest BCUT2D eigenvalue weighted by Gasteiger charge is -2.11. The third-order valence-corrected chi connectivity index (χ3v) is 2.97.